The molecule has 1 aliphatic carbocycles. The Morgan fingerprint density at radius 3 is 2.32 bits per heavy atom. The summed E-state index contributed by atoms with van der Waals surface area (Å²) in [6.07, 6.45) is 2.21. The Balaban J connectivity index is 1.20. The van der Waals surface area contributed by atoms with Crippen molar-refractivity contribution in [1.82, 2.24) is 0 Å². The molecule has 3 aromatic carbocycles. The lowest BCUT2D eigenvalue weighted by Crippen LogP contribution is -2.30. The number of nitrogens with one attached hydrogen (secondary N) is 1. The van der Waals surface area contributed by atoms with Gasteiger partial charge in [-0.25, -0.2) is 4.79 Å². The fourth-order valence-corrected chi connectivity index (χ4v) is 5.56. The van der Waals surface area contributed by atoms with E-state index in [4.69, 9.17) is 4.74 Å². The summed E-state index contributed by atoms with van der Waals surface area (Å²) in [6, 6.07) is 22.0. The van der Waals surface area contributed by atoms with Crippen LogP contribution < -0.4 is 10.2 Å². The van der Waals surface area contributed by atoms with Crippen molar-refractivity contribution in [2.24, 2.45) is 11.8 Å². The van der Waals surface area contributed by atoms with Gasteiger partial charge in [0.1, 0.15) is 0 Å². The van der Waals surface area contributed by atoms with Crippen LogP contribution in [0.2, 0.25) is 0 Å². The highest BCUT2D eigenvalue weighted by Crippen LogP contribution is 2.45. The summed E-state index contributed by atoms with van der Waals surface area (Å²) in [5.41, 5.74) is 4.54. The van der Waals surface area contributed by atoms with E-state index in [1.165, 1.54) is 22.6 Å². The van der Waals surface area contributed by atoms with Gasteiger partial charge in [0.25, 0.3) is 5.91 Å². The van der Waals surface area contributed by atoms with Gasteiger partial charge in [0.15, 0.2) is 6.61 Å². The number of carbonyl (C=O) groups excluding carboxylic acids is 4. The van der Waals surface area contributed by atoms with Crippen LogP contribution in [0.5, 0.6) is 0 Å². The molecule has 7 nitrogen and oxygen atoms in total. The third-order valence-corrected chi connectivity index (χ3v) is 7.55. The van der Waals surface area contributed by atoms with Crippen LogP contribution in [0, 0.1) is 25.7 Å². The number of amides is 3. The maximum absolute atomic E-state index is 13.3. The van der Waals surface area contributed by atoms with Crippen LogP contribution in [0.25, 0.3) is 0 Å². The van der Waals surface area contributed by atoms with Crippen molar-refractivity contribution in [3.63, 3.8) is 0 Å². The topological polar surface area (TPSA) is 92.8 Å². The molecule has 1 saturated heterocycles. The number of fused-ring (bicyclic) bond motifs is 1. The molecule has 1 N–H and O–H groups in total. The van der Waals surface area contributed by atoms with Gasteiger partial charge in [0.05, 0.1) is 23.1 Å². The molecule has 7 heteroatoms. The first-order valence-corrected chi connectivity index (χ1v) is 12.9. The number of nitrogens with zero attached hydrogens (tertiary/aromatic N) is 1. The number of hydrogen-bond donors (Lipinski definition) is 1. The number of ether oxygens (including phenoxy) is 1. The van der Waals surface area contributed by atoms with Crippen LogP contribution in [-0.4, -0.2) is 30.3 Å². The van der Waals surface area contributed by atoms with Crippen molar-refractivity contribution < 1.29 is 23.9 Å². The summed E-state index contributed by atoms with van der Waals surface area (Å²) >= 11 is 0. The molecular weight excluding hydrogens is 480 g/mol. The average molecular weight is 511 g/mol. The second-order valence-electron chi connectivity index (χ2n) is 10.1. The molecule has 0 bridgehead atoms. The van der Waals surface area contributed by atoms with Crippen LogP contribution in [0.15, 0.2) is 72.8 Å². The van der Waals surface area contributed by atoms with E-state index in [9.17, 15) is 19.2 Å². The zero-order chi connectivity index (χ0) is 26.8. The van der Waals surface area contributed by atoms with Crippen molar-refractivity contribution in [2.45, 2.75) is 39.0 Å². The van der Waals surface area contributed by atoms with Crippen LogP contribution in [0.3, 0.4) is 0 Å². The first kappa shape index (κ1) is 25.4. The normalized spacial score (nSPS) is 20.7. The molecule has 2 fully saturated rings. The quantitative estimate of drug-likeness (QED) is 0.365. The molecule has 38 heavy (non-hydrogen) atoms. The van der Waals surface area contributed by atoms with Crippen molar-refractivity contribution in [3.05, 3.63) is 95.1 Å². The number of aryl methyl sites for hydroxylation is 2. The average Bonchev–Trinajstić information content (AvgIpc) is 3.18. The second-order valence-corrected chi connectivity index (χ2v) is 10.1. The lowest BCUT2D eigenvalue weighted by Gasteiger charge is -2.28. The predicted molar refractivity (Wildman–Crippen MR) is 144 cm³/mol. The molecule has 1 aliphatic heterocycles. The highest BCUT2D eigenvalue weighted by Gasteiger charge is 2.50. The molecule has 0 radical (unpaired) electrons. The first-order chi connectivity index (χ1) is 18.3. The molecule has 2 aliphatic rings. The number of hydrogen-bond acceptors (Lipinski definition) is 5. The van der Waals surface area contributed by atoms with E-state index in [1.54, 1.807) is 12.1 Å². The Labute approximate surface area is 221 Å². The summed E-state index contributed by atoms with van der Waals surface area (Å²) in [7, 11) is 0. The van der Waals surface area contributed by atoms with E-state index >= 15 is 0 Å². The van der Waals surface area contributed by atoms with Gasteiger partial charge in [0, 0.05) is 5.69 Å². The van der Waals surface area contributed by atoms with Crippen molar-refractivity contribution in [3.8, 4) is 0 Å². The Morgan fingerprint density at radius 1 is 0.895 bits per heavy atom. The van der Waals surface area contributed by atoms with Crippen LogP contribution >= 0.6 is 0 Å². The van der Waals surface area contributed by atoms with E-state index in [1.807, 2.05) is 50.2 Å². The van der Waals surface area contributed by atoms with E-state index < -0.39 is 18.5 Å². The number of imide groups is 1. The van der Waals surface area contributed by atoms with Gasteiger partial charge in [-0.3, -0.25) is 19.3 Å². The first-order valence-electron chi connectivity index (χ1n) is 12.9. The smallest absolute Gasteiger partial charge is 0.338 e. The maximum Gasteiger partial charge on any atom is 0.338 e. The molecule has 5 rings (SSSR count). The lowest BCUT2D eigenvalue weighted by atomic mass is 9.73. The van der Waals surface area contributed by atoms with Crippen molar-refractivity contribution in [1.29, 1.82) is 0 Å². The summed E-state index contributed by atoms with van der Waals surface area (Å²) < 4.78 is 5.17. The molecule has 0 unspecified atom stereocenters. The Kier molecular flexibility index (Phi) is 7.09. The third kappa shape index (κ3) is 5.09. The number of benzene rings is 3. The van der Waals surface area contributed by atoms with Gasteiger partial charge in [-0.05, 0) is 80.5 Å². The van der Waals surface area contributed by atoms with E-state index in [2.05, 4.69) is 17.4 Å². The number of esters is 1. The third-order valence-electron chi connectivity index (χ3n) is 7.55. The number of anilines is 2. The van der Waals surface area contributed by atoms with Gasteiger partial charge in [-0.15, -0.1) is 0 Å². The molecule has 3 atom stereocenters. The minimum Gasteiger partial charge on any atom is -0.452 e. The molecule has 0 aromatic heterocycles. The molecule has 194 valence electrons. The molecule has 3 amide bonds. The highest BCUT2D eigenvalue weighted by molar-refractivity contribution is 6.22. The minimum atomic E-state index is -0.661. The van der Waals surface area contributed by atoms with E-state index in [-0.39, 0.29) is 35.1 Å². The van der Waals surface area contributed by atoms with Crippen LogP contribution in [-0.2, 0) is 19.1 Å². The summed E-state index contributed by atoms with van der Waals surface area (Å²) in [6.45, 7) is 3.43. The molecule has 1 heterocycles. The van der Waals surface area contributed by atoms with Gasteiger partial charge in [-0.1, -0.05) is 48.0 Å². The monoisotopic (exact) mass is 510 g/mol. The molecular formula is C31H30N2O5. The van der Waals surface area contributed by atoms with Gasteiger partial charge in [-0.2, -0.15) is 0 Å². The van der Waals surface area contributed by atoms with Crippen molar-refractivity contribution in [2.75, 3.05) is 16.8 Å². The maximum atomic E-state index is 13.3. The van der Waals surface area contributed by atoms with Gasteiger partial charge >= 0.3 is 5.97 Å². The number of carbonyl (C=O) groups is 4. The number of rotatable bonds is 6. The summed E-state index contributed by atoms with van der Waals surface area (Å²) in [5.74, 6) is -1.83. The van der Waals surface area contributed by atoms with Gasteiger partial charge < -0.3 is 10.1 Å². The van der Waals surface area contributed by atoms with E-state index in [0.717, 1.165) is 17.5 Å². The molecule has 3 aromatic rings. The Morgan fingerprint density at radius 2 is 1.61 bits per heavy atom. The zero-order valence-corrected chi connectivity index (χ0v) is 21.5. The zero-order valence-electron chi connectivity index (χ0n) is 21.5. The van der Waals surface area contributed by atoms with Crippen LogP contribution in [0.1, 0.15) is 52.2 Å². The molecule has 0 spiro atoms. The Hall–Kier alpha value is -4.26. The van der Waals surface area contributed by atoms with Crippen LogP contribution in [0.4, 0.5) is 11.4 Å². The van der Waals surface area contributed by atoms with E-state index in [0.29, 0.717) is 24.2 Å². The summed E-state index contributed by atoms with van der Waals surface area (Å²) in [4.78, 5) is 52.4. The standard InChI is InChI=1S/C31H30N2O5/c1-19-8-15-27(20(2)16-19)32-28(34)18-38-31(37)22-9-12-24(13-10-22)33-29(35)25-14-11-23(17-26(25)30(33)36)21-6-4-3-5-7-21/h3-10,12-13,15-16,23,25-26H,11,14,17-18H2,1-2H3,(H,32,34)/t23-,25-,26+/m1/s1. The minimum absolute atomic E-state index is 0.176. The molecule has 1 saturated carbocycles. The predicted octanol–water partition coefficient (Wildman–Crippen LogP) is 5.17. The Bertz CT molecular complexity index is 1380. The SMILES string of the molecule is Cc1ccc(NC(=O)COC(=O)c2ccc(N3C(=O)[C@H]4C[C@H](c5ccccc5)CC[C@H]4C3=O)cc2)c(C)c1. The second kappa shape index (κ2) is 10.6. The van der Waals surface area contributed by atoms with Gasteiger partial charge in [0.2, 0.25) is 11.8 Å². The fourth-order valence-electron chi connectivity index (χ4n) is 5.56. The highest BCUT2D eigenvalue weighted by atomic mass is 16.5. The fraction of sp³-hybridized carbons (Fsp3) is 0.290. The lowest BCUT2D eigenvalue weighted by molar-refractivity contribution is -0.122. The largest absolute Gasteiger partial charge is 0.452 e. The summed E-state index contributed by atoms with van der Waals surface area (Å²) in [5, 5.41) is 2.74. The van der Waals surface area contributed by atoms with Crippen molar-refractivity contribution >= 4 is 35.1 Å².